The lowest BCUT2D eigenvalue weighted by Crippen LogP contribution is -2.57. The maximum absolute atomic E-state index is 13.2. The first-order valence-corrected chi connectivity index (χ1v) is 11.6. The van der Waals surface area contributed by atoms with Crippen molar-refractivity contribution in [2.45, 2.75) is 13.0 Å². The van der Waals surface area contributed by atoms with Crippen molar-refractivity contribution in [1.29, 1.82) is 0 Å². The number of rotatable bonds is 7. The van der Waals surface area contributed by atoms with Gasteiger partial charge >= 0.3 is 5.97 Å². The molecular formula is C24H30N6O6. The fourth-order valence-corrected chi connectivity index (χ4v) is 4.31. The number of nitrogens with zero attached hydrogens (tertiary/aromatic N) is 5. The van der Waals surface area contributed by atoms with Gasteiger partial charge in [-0.15, -0.1) is 0 Å². The number of ether oxygens (including phenoxy) is 4. The molecule has 1 fully saturated rings. The molecule has 192 valence electrons. The Kier molecular flexibility index (Phi) is 7.71. The highest BCUT2D eigenvalue weighted by molar-refractivity contribution is 6.08. The zero-order valence-electron chi connectivity index (χ0n) is 20.8. The molecule has 1 N–H and O–H groups in total. The van der Waals surface area contributed by atoms with Gasteiger partial charge in [-0.05, 0) is 30.7 Å². The quantitative estimate of drug-likeness (QED) is 0.437. The summed E-state index contributed by atoms with van der Waals surface area (Å²) in [4.78, 5) is 43.5. The number of aliphatic imine (C=N–C) groups is 1. The molecule has 2 atom stereocenters. The number of piperazine rings is 1. The summed E-state index contributed by atoms with van der Waals surface area (Å²) in [5.74, 6) is -0.0519. The molecule has 0 spiro atoms. The Morgan fingerprint density at radius 2 is 1.61 bits per heavy atom. The molecular weight excluding hydrogens is 468 g/mol. The molecule has 0 bridgehead atoms. The average molecular weight is 499 g/mol. The van der Waals surface area contributed by atoms with Crippen LogP contribution in [0.5, 0.6) is 17.2 Å². The maximum Gasteiger partial charge on any atom is 0.321 e. The largest absolute Gasteiger partial charge is 0.493 e. The molecule has 0 saturated carbocycles. The molecule has 0 radical (unpaired) electrons. The van der Waals surface area contributed by atoms with Crippen LogP contribution in [0.15, 0.2) is 35.6 Å². The van der Waals surface area contributed by atoms with Gasteiger partial charge in [0.1, 0.15) is 6.04 Å². The van der Waals surface area contributed by atoms with Crippen molar-refractivity contribution < 1.29 is 28.5 Å². The molecule has 0 unspecified atom stereocenters. The summed E-state index contributed by atoms with van der Waals surface area (Å²) in [6.45, 7) is 4.30. The molecule has 2 aliphatic rings. The lowest BCUT2D eigenvalue weighted by Gasteiger charge is -2.38. The molecule has 1 aromatic carbocycles. The molecule has 0 aliphatic carbocycles. The summed E-state index contributed by atoms with van der Waals surface area (Å²) >= 11 is 0. The second-order valence-corrected chi connectivity index (χ2v) is 8.10. The molecule has 2 aliphatic heterocycles. The highest BCUT2D eigenvalue weighted by atomic mass is 16.5. The Morgan fingerprint density at radius 1 is 1.00 bits per heavy atom. The monoisotopic (exact) mass is 498 g/mol. The third kappa shape index (κ3) is 4.97. The van der Waals surface area contributed by atoms with Gasteiger partial charge in [-0.2, -0.15) is 0 Å². The Hall–Kier alpha value is -4.09. The van der Waals surface area contributed by atoms with E-state index >= 15 is 0 Å². The van der Waals surface area contributed by atoms with Crippen molar-refractivity contribution in [3.8, 4) is 17.2 Å². The van der Waals surface area contributed by atoms with Crippen molar-refractivity contribution in [3.63, 3.8) is 0 Å². The van der Waals surface area contributed by atoms with E-state index in [-0.39, 0.29) is 6.61 Å². The van der Waals surface area contributed by atoms with E-state index in [0.717, 1.165) is 0 Å². The van der Waals surface area contributed by atoms with Gasteiger partial charge in [0.2, 0.25) is 23.6 Å². The normalized spacial score (nSPS) is 19.8. The Bertz CT molecular complexity index is 1090. The molecule has 4 rings (SSSR count). The zero-order valence-corrected chi connectivity index (χ0v) is 20.8. The van der Waals surface area contributed by atoms with Crippen molar-refractivity contribution in [2.75, 3.05) is 59.0 Å². The summed E-state index contributed by atoms with van der Waals surface area (Å²) in [5.41, 5.74) is 0.561. The maximum atomic E-state index is 13.2. The smallest absolute Gasteiger partial charge is 0.321 e. The van der Waals surface area contributed by atoms with Crippen LogP contribution >= 0.6 is 0 Å². The van der Waals surface area contributed by atoms with E-state index < -0.39 is 23.8 Å². The van der Waals surface area contributed by atoms with Crippen molar-refractivity contribution in [1.82, 2.24) is 20.2 Å². The number of carbonyl (C=O) groups is 2. The minimum atomic E-state index is -1.17. The van der Waals surface area contributed by atoms with Gasteiger partial charge < -0.3 is 28.7 Å². The summed E-state index contributed by atoms with van der Waals surface area (Å²) in [6, 6.07) is 4.32. The molecule has 12 nitrogen and oxygen atoms in total. The summed E-state index contributed by atoms with van der Waals surface area (Å²) in [7, 11) is 4.51. The summed E-state index contributed by atoms with van der Waals surface area (Å²) < 4.78 is 21.6. The van der Waals surface area contributed by atoms with Gasteiger partial charge in [0, 0.05) is 38.6 Å². The fourth-order valence-electron chi connectivity index (χ4n) is 4.31. The molecule has 36 heavy (non-hydrogen) atoms. The number of aromatic nitrogens is 2. The van der Waals surface area contributed by atoms with Gasteiger partial charge in [-0.3, -0.25) is 14.9 Å². The lowest BCUT2D eigenvalue weighted by atomic mass is 9.90. The minimum absolute atomic E-state index is 0.144. The zero-order chi connectivity index (χ0) is 25.7. The number of nitrogens with one attached hydrogen (secondary N) is 1. The molecule has 1 amide bonds. The van der Waals surface area contributed by atoms with Crippen LogP contribution in [0.4, 0.5) is 5.95 Å². The van der Waals surface area contributed by atoms with E-state index in [4.69, 9.17) is 23.9 Å². The van der Waals surface area contributed by atoms with Crippen LogP contribution in [0.1, 0.15) is 18.5 Å². The third-order valence-corrected chi connectivity index (χ3v) is 6.08. The number of carbonyl (C=O) groups excluding carboxylic acids is 2. The van der Waals surface area contributed by atoms with Crippen LogP contribution in [-0.2, 0) is 14.3 Å². The van der Waals surface area contributed by atoms with Crippen LogP contribution in [0, 0.1) is 5.92 Å². The minimum Gasteiger partial charge on any atom is -0.493 e. The van der Waals surface area contributed by atoms with Gasteiger partial charge in [-0.1, -0.05) is 0 Å². The van der Waals surface area contributed by atoms with Crippen molar-refractivity contribution in [2.24, 2.45) is 10.9 Å². The van der Waals surface area contributed by atoms with E-state index in [1.165, 1.54) is 21.3 Å². The Balaban J connectivity index is 1.67. The first-order chi connectivity index (χ1) is 17.5. The number of esters is 1. The van der Waals surface area contributed by atoms with E-state index in [0.29, 0.717) is 60.9 Å². The first kappa shape index (κ1) is 25.0. The highest BCUT2D eigenvalue weighted by Gasteiger charge is 2.43. The fraction of sp³-hybridized carbons (Fsp3) is 0.458. The lowest BCUT2D eigenvalue weighted by molar-refractivity contribution is -0.153. The number of anilines is 1. The molecule has 2 aromatic rings. The predicted molar refractivity (Wildman–Crippen MR) is 130 cm³/mol. The third-order valence-electron chi connectivity index (χ3n) is 6.08. The standard InChI is InChI=1S/C24H30N6O6/c1-5-36-22(32)18-19(15-13-16(33-2)20(35-4)17(14-15)34-3)27-24(28-21(18)31)30-11-9-29(10-12-30)23-25-7-6-8-26-23/h6-8,13-14,18-19H,5,9-12H2,1-4H3,(H,27,28,31)/t18-,19+/m0/s1. The summed E-state index contributed by atoms with van der Waals surface area (Å²) in [5, 5.41) is 2.81. The number of hydrogen-bond donors (Lipinski definition) is 1. The highest BCUT2D eigenvalue weighted by Crippen LogP contribution is 2.42. The predicted octanol–water partition coefficient (Wildman–Crippen LogP) is 1.03. The van der Waals surface area contributed by atoms with Crippen molar-refractivity contribution >= 4 is 23.8 Å². The van der Waals surface area contributed by atoms with E-state index in [2.05, 4.69) is 20.2 Å². The summed E-state index contributed by atoms with van der Waals surface area (Å²) in [6.07, 6.45) is 3.41. The van der Waals surface area contributed by atoms with Crippen LogP contribution in [0.3, 0.4) is 0 Å². The topological polar surface area (TPSA) is 128 Å². The van der Waals surface area contributed by atoms with Crippen LogP contribution < -0.4 is 24.4 Å². The number of guanidine groups is 1. The SMILES string of the molecule is CCOC(=O)[C@@H]1C(=O)NC(N2CCN(c3ncccn3)CC2)=N[C@@H]1c1cc(OC)c(OC)c(OC)c1. The van der Waals surface area contributed by atoms with E-state index in [1.54, 1.807) is 37.5 Å². The van der Waals surface area contributed by atoms with Gasteiger partial charge in [0.15, 0.2) is 17.4 Å². The van der Waals surface area contributed by atoms with E-state index in [9.17, 15) is 9.59 Å². The van der Waals surface area contributed by atoms with Crippen LogP contribution in [0.25, 0.3) is 0 Å². The van der Waals surface area contributed by atoms with Crippen LogP contribution in [-0.4, -0.2) is 86.8 Å². The molecule has 1 aromatic heterocycles. The molecule has 12 heteroatoms. The van der Waals surface area contributed by atoms with Crippen molar-refractivity contribution in [3.05, 3.63) is 36.2 Å². The second kappa shape index (κ2) is 11.1. The second-order valence-electron chi connectivity index (χ2n) is 8.10. The van der Waals surface area contributed by atoms with Gasteiger partial charge in [0.05, 0.1) is 27.9 Å². The van der Waals surface area contributed by atoms with Gasteiger partial charge in [0.25, 0.3) is 0 Å². The number of benzene rings is 1. The number of methoxy groups -OCH3 is 3. The first-order valence-electron chi connectivity index (χ1n) is 11.6. The number of amides is 1. The van der Waals surface area contributed by atoms with Gasteiger partial charge in [-0.25, -0.2) is 15.0 Å². The average Bonchev–Trinajstić information content (AvgIpc) is 2.92. The Morgan fingerprint density at radius 3 is 2.17 bits per heavy atom. The molecule has 3 heterocycles. The van der Waals surface area contributed by atoms with Crippen LogP contribution in [0.2, 0.25) is 0 Å². The molecule has 1 saturated heterocycles. The van der Waals surface area contributed by atoms with E-state index in [1.807, 2.05) is 4.90 Å². The number of hydrogen-bond acceptors (Lipinski definition) is 11. The Labute approximate surface area is 209 Å².